The molecule has 1 unspecified atom stereocenters. The van der Waals surface area contributed by atoms with Gasteiger partial charge in [0, 0.05) is 6.04 Å². The first-order valence-electron chi connectivity index (χ1n) is 5.47. The molecule has 0 amide bonds. The first-order chi connectivity index (χ1) is 7.06. The molecule has 0 bridgehead atoms. The van der Waals surface area contributed by atoms with E-state index in [0.717, 1.165) is 13.2 Å². The number of hydrogen-bond acceptors (Lipinski definition) is 2. The van der Waals surface area contributed by atoms with Gasteiger partial charge in [0.2, 0.25) is 0 Å². The van der Waals surface area contributed by atoms with Crippen molar-refractivity contribution < 1.29 is 4.74 Å². The van der Waals surface area contributed by atoms with E-state index in [0.29, 0.717) is 0 Å². The minimum absolute atomic E-state index is 0.0517. The van der Waals surface area contributed by atoms with Crippen LogP contribution in [0.25, 0.3) is 0 Å². The summed E-state index contributed by atoms with van der Waals surface area (Å²) in [7, 11) is 0. The van der Waals surface area contributed by atoms with Crippen LogP contribution in [0.1, 0.15) is 23.6 Å². The molecule has 2 heteroatoms. The molecule has 2 N–H and O–H groups in total. The third-order valence-corrected chi connectivity index (χ3v) is 3.52. The van der Waals surface area contributed by atoms with Gasteiger partial charge in [0.05, 0.1) is 18.6 Å². The molecule has 15 heavy (non-hydrogen) atoms. The van der Waals surface area contributed by atoms with Crippen LogP contribution in [0.5, 0.6) is 0 Å². The number of hydrogen-bond donors (Lipinski definition) is 1. The molecule has 1 saturated heterocycles. The minimum Gasteiger partial charge on any atom is -0.379 e. The normalized spacial score (nSPS) is 20.8. The van der Waals surface area contributed by atoms with Crippen LogP contribution in [0.2, 0.25) is 0 Å². The Morgan fingerprint density at radius 1 is 1.33 bits per heavy atom. The molecule has 1 aliphatic heterocycles. The van der Waals surface area contributed by atoms with E-state index in [-0.39, 0.29) is 11.5 Å². The van der Waals surface area contributed by atoms with Crippen molar-refractivity contribution in [1.29, 1.82) is 0 Å². The number of aryl methyl sites for hydroxylation is 2. The van der Waals surface area contributed by atoms with Crippen molar-refractivity contribution in [3.8, 4) is 0 Å². The molecule has 1 heterocycles. The summed E-state index contributed by atoms with van der Waals surface area (Å²) < 4.78 is 5.37. The highest BCUT2D eigenvalue weighted by atomic mass is 16.5. The summed E-state index contributed by atoms with van der Waals surface area (Å²) in [4.78, 5) is 0. The summed E-state index contributed by atoms with van der Waals surface area (Å²) in [5.41, 5.74) is 10.1. The lowest BCUT2D eigenvalue weighted by molar-refractivity contribution is -0.0704. The molecule has 2 rings (SSSR count). The quantitative estimate of drug-likeness (QED) is 0.800. The fourth-order valence-electron chi connectivity index (χ4n) is 2.26. The molecule has 0 aromatic heterocycles. The number of benzene rings is 1. The predicted molar refractivity (Wildman–Crippen MR) is 62.1 cm³/mol. The zero-order chi connectivity index (χ0) is 11.1. The van der Waals surface area contributed by atoms with E-state index < -0.39 is 0 Å². The molecule has 2 nitrogen and oxygen atoms in total. The van der Waals surface area contributed by atoms with Crippen molar-refractivity contribution >= 4 is 0 Å². The van der Waals surface area contributed by atoms with E-state index in [4.69, 9.17) is 10.5 Å². The molecule has 0 aliphatic carbocycles. The Morgan fingerprint density at radius 3 is 2.47 bits per heavy atom. The SMILES string of the molecule is Cc1ccc(C)c(C2(C(C)N)COC2)c1. The maximum Gasteiger partial charge on any atom is 0.0600 e. The fraction of sp³-hybridized carbons (Fsp3) is 0.538. The highest BCUT2D eigenvalue weighted by molar-refractivity contribution is 5.39. The lowest BCUT2D eigenvalue weighted by Gasteiger charge is -2.46. The van der Waals surface area contributed by atoms with Crippen molar-refractivity contribution in [2.24, 2.45) is 5.73 Å². The summed E-state index contributed by atoms with van der Waals surface area (Å²) in [6.45, 7) is 7.86. The Balaban J connectivity index is 2.47. The van der Waals surface area contributed by atoms with Gasteiger partial charge in [0.15, 0.2) is 0 Å². The highest BCUT2D eigenvalue weighted by Gasteiger charge is 2.44. The van der Waals surface area contributed by atoms with Crippen LogP contribution in [0.15, 0.2) is 18.2 Å². The van der Waals surface area contributed by atoms with Crippen LogP contribution >= 0.6 is 0 Å². The molecule has 1 aliphatic rings. The van der Waals surface area contributed by atoms with Crippen LogP contribution in [-0.4, -0.2) is 19.3 Å². The molecule has 82 valence electrons. The van der Waals surface area contributed by atoms with Gasteiger partial charge in [-0.05, 0) is 31.9 Å². The summed E-state index contributed by atoms with van der Waals surface area (Å²) in [6, 6.07) is 6.72. The molecule has 1 aromatic carbocycles. The van der Waals surface area contributed by atoms with Gasteiger partial charge >= 0.3 is 0 Å². The van der Waals surface area contributed by atoms with Crippen LogP contribution in [0.3, 0.4) is 0 Å². The molecule has 1 fully saturated rings. The fourth-order valence-corrected chi connectivity index (χ4v) is 2.26. The van der Waals surface area contributed by atoms with E-state index in [1.165, 1.54) is 16.7 Å². The van der Waals surface area contributed by atoms with E-state index in [1.807, 2.05) is 0 Å². The number of ether oxygens (including phenoxy) is 1. The summed E-state index contributed by atoms with van der Waals surface area (Å²) in [5, 5.41) is 0. The average molecular weight is 205 g/mol. The van der Waals surface area contributed by atoms with Crippen LogP contribution in [0.4, 0.5) is 0 Å². The van der Waals surface area contributed by atoms with E-state index >= 15 is 0 Å². The smallest absolute Gasteiger partial charge is 0.0600 e. The summed E-state index contributed by atoms with van der Waals surface area (Å²) in [6.07, 6.45) is 0. The van der Waals surface area contributed by atoms with Crippen molar-refractivity contribution in [2.75, 3.05) is 13.2 Å². The maximum absolute atomic E-state index is 6.10. The van der Waals surface area contributed by atoms with E-state index in [1.54, 1.807) is 0 Å². The zero-order valence-electron chi connectivity index (χ0n) is 9.71. The van der Waals surface area contributed by atoms with Gasteiger partial charge < -0.3 is 10.5 Å². The summed E-state index contributed by atoms with van der Waals surface area (Å²) >= 11 is 0. The molecular formula is C13H19NO. The number of nitrogens with two attached hydrogens (primary N) is 1. The van der Waals surface area contributed by atoms with Gasteiger partial charge in [-0.25, -0.2) is 0 Å². The second kappa shape index (κ2) is 3.62. The van der Waals surface area contributed by atoms with Gasteiger partial charge in [-0.2, -0.15) is 0 Å². The summed E-state index contributed by atoms with van der Waals surface area (Å²) in [5.74, 6) is 0. The monoisotopic (exact) mass is 205 g/mol. The molecule has 0 saturated carbocycles. The molecular weight excluding hydrogens is 186 g/mol. The van der Waals surface area contributed by atoms with E-state index in [9.17, 15) is 0 Å². The topological polar surface area (TPSA) is 35.2 Å². The standard InChI is InChI=1S/C13H19NO/c1-9-4-5-10(2)12(6-9)13(11(3)14)7-15-8-13/h4-6,11H,7-8,14H2,1-3H3. The van der Waals surface area contributed by atoms with Crippen molar-refractivity contribution in [3.63, 3.8) is 0 Å². The Morgan fingerprint density at radius 2 is 2.00 bits per heavy atom. The molecule has 0 radical (unpaired) electrons. The van der Waals surface area contributed by atoms with Gasteiger partial charge in [0.25, 0.3) is 0 Å². The second-order valence-corrected chi connectivity index (χ2v) is 4.76. The first kappa shape index (κ1) is 10.7. The van der Waals surface area contributed by atoms with Gasteiger partial charge in [-0.1, -0.05) is 23.8 Å². The van der Waals surface area contributed by atoms with Crippen LogP contribution in [0, 0.1) is 13.8 Å². The lowest BCUT2D eigenvalue weighted by atomic mass is 9.71. The van der Waals surface area contributed by atoms with Crippen LogP contribution < -0.4 is 5.73 Å². The molecule has 0 spiro atoms. The molecule has 1 atom stereocenters. The zero-order valence-corrected chi connectivity index (χ0v) is 9.71. The third kappa shape index (κ3) is 1.58. The molecule has 1 aromatic rings. The van der Waals surface area contributed by atoms with Gasteiger partial charge in [-0.15, -0.1) is 0 Å². The predicted octanol–water partition coefficient (Wildman–Crippen LogP) is 1.92. The largest absolute Gasteiger partial charge is 0.379 e. The third-order valence-electron chi connectivity index (χ3n) is 3.52. The maximum atomic E-state index is 6.10. The van der Waals surface area contributed by atoms with E-state index in [2.05, 4.69) is 39.0 Å². The lowest BCUT2D eigenvalue weighted by Crippen LogP contribution is -2.57. The highest BCUT2D eigenvalue weighted by Crippen LogP contribution is 2.37. The Kier molecular flexibility index (Phi) is 2.57. The first-order valence-corrected chi connectivity index (χ1v) is 5.47. The van der Waals surface area contributed by atoms with Crippen LogP contribution in [-0.2, 0) is 10.2 Å². The average Bonchev–Trinajstić information content (AvgIpc) is 2.08. The number of rotatable bonds is 2. The Bertz CT molecular complexity index is 367. The van der Waals surface area contributed by atoms with Gasteiger partial charge in [0.1, 0.15) is 0 Å². The van der Waals surface area contributed by atoms with Crippen molar-refractivity contribution in [2.45, 2.75) is 32.2 Å². The van der Waals surface area contributed by atoms with Crippen molar-refractivity contribution in [1.82, 2.24) is 0 Å². The minimum atomic E-state index is 0.0517. The van der Waals surface area contributed by atoms with Crippen molar-refractivity contribution in [3.05, 3.63) is 34.9 Å². The second-order valence-electron chi connectivity index (χ2n) is 4.76. The Hall–Kier alpha value is -0.860. The Labute approximate surface area is 91.4 Å². The van der Waals surface area contributed by atoms with Gasteiger partial charge in [-0.3, -0.25) is 0 Å².